The van der Waals surface area contributed by atoms with Crippen LogP contribution in [0.25, 0.3) is 11.4 Å². The van der Waals surface area contributed by atoms with Crippen molar-refractivity contribution >= 4 is 17.5 Å². The minimum Gasteiger partial charge on any atom is -0.332 e. The van der Waals surface area contributed by atoms with Crippen LogP contribution in [-0.2, 0) is 16.6 Å². The van der Waals surface area contributed by atoms with Crippen LogP contribution >= 0.6 is 0 Å². The number of aryl methyl sites for hydroxylation is 1. The van der Waals surface area contributed by atoms with E-state index in [-0.39, 0.29) is 0 Å². The summed E-state index contributed by atoms with van der Waals surface area (Å²) < 4.78 is 0. The molecule has 9 heteroatoms. The fourth-order valence-corrected chi connectivity index (χ4v) is 2.44. The summed E-state index contributed by atoms with van der Waals surface area (Å²) in [4.78, 5) is 29.3. The normalized spacial score (nSPS) is 15.3. The first kappa shape index (κ1) is 16.1. The monoisotopic (exact) mass is 329 g/mol. The molecule has 24 heavy (non-hydrogen) atoms. The number of hydrogen-bond donors (Lipinski definition) is 1. The van der Waals surface area contributed by atoms with Gasteiger partial charge in [0.15, 0.2) is 0 Å². The Hall–Kier alpha value is -2.81. The van der Waals surface area contributed by atoms with Crippen LogP contribution in [0.5, 0.6) is 0 Å². The van der Waals surface area contributed by atoms with Gasteiger partial charge in [-0.3, -0.25) is 9.59 Å². The van der Waals surface area contributed by atoms with E-state index in [0.717, 1.165) is 18.7 Å². The smallest absolute Gasteiger partial charge is 0.313 e. The Kier molecular flexibility index (Phi) is 4.52. The number of carbonyl (C=O) groups is 2. The Labute approximate surface area is 139 Å². The van der Waals surface area contributed by atoms with Crippen LogP contribution in [0.3, 0.4) is 0 Å². The third-order valence-electron chi connectivity index (χ3n) is 3.89. The lowest BCUT2D eigenvalue weighted by Gasteiger charge is -2.31. The van der Waals surface area contributed by atoms with E-state index in [2.05, 4.69) is 25.6 Å². The second-order valence-electron chi connectivity index (χ2n) is 5.73. The highest BCUT2D eigenvalue weighted by Crippen LogP contribution is 2.17. The zero-order valence-corrected chi connectivity index (χ0v) is 13.6. The van der Waals surface area contributed by atoms with Gasteiger partial charge in [-0.2, -0.15) is 4.80 Å². The molecule has 0 saturated carbocycles. The lowest BCUT2D eigenvalue weighted by atomic mass is 10.2. The predicted molar refractivity (Wildman–Crippen MR) is 86.9 cm³/mol. The first-order valence-electron chi connectivity index (χ1n) is 7.66. The molecule has 9 nitrogen and oxygen atoms in total. The third kappa shape index (κ3) is 3.57. The average molecular weight is 329 g/mol. The summed E-state index contributed by atoms with van der Waals surface area (Å²) in [6, 6.07) is 6.96. The number of nitrogens with one attached hydrogen (secondary N) is 1. The van der Waals surface area contributed by atoms with Gasteiger partial charge in [-0.15, -0.1) is 10.2 Å². The zero-order chi connectivity index (χ0) is 17.1. The van der Waals surface area contributed by atoms with Crippen molar-refractivity contribution in [2.75, 3.05) is 38.5 Å². The average Bonchev–Trinajstić information content (AvgIpc) is 3.02. The van der Waals surface area contributed by atoms with Crippen LogP contribution in [0.1, 0.15) is 0 Å². The summed E-state index contributed by atoms with van der Waals surface area (Å²) in [5, 5.41) is 14.4. The fraction of sp³-hybridized carbons (Fsp3) is 0.400. The van der Waals surface area contributed by atoms with Crippen molar-refractivity contribution in [1.29, 1.82) is 0 Å². The summed E-state index contributed by atoms with van der Waals surface area (Å²) in [7, 11) is 3.68. The lowest BCUT2D eigenvalue weighted by Crippen LogP contribution is -2.50. The summed E-state index contributed by atoms with van der Waals surface area (Å²) >= 11 is 0. The van der Waals surface area contributed by atoms with Crippen molar-refractivity contribution < 1.29 is 9.59 Å². The van der Waals surface area contributed by atoms with Crippen LogP contribution in [0.2, 0.25) is 0 Å². The Bertz CT molecular complexity index is 733. The fourth-order valence-electron chi connectivity index (χ4n) is 2.44. The Morgan fingerprint density at radius 1 is 1.04 bits per heavy atom. The van der Waals surface area contributed by atoms with Gasteiger partial charge in [0.2, 0.25) is 5.82 Å². The molecule has 0 aliphatic carbocycles. The highest BCUT2D eigenvalue weighted by molar-refractivity contribution is 6.39. The van der Waals surface area contributed by atoms with Crippen LogP contribution in [-0.4, -0.2) is 75.0 Å². The molecular formula is C15H19N7O2. The Morgan fingerprint density at radius 2 is 1.71 bits per heavy atom. The van der Waals surface area contributed by atoms with Gasteiger partial charge in [-0.05, 0) is 36.5 Å². The maximum atomic E-state index is 12.2. The Balaban J connectivity index is 1.61. The van der Waals surface area contributed by atoms with E-state index in [0.29, 0.717) is 24.6 Å². The topological polar surface area (TPSA) is 96.3 Å². The number of amides is 2. The van der Waals surface area contributed by atoms with Crippen LogP contribution in [0.4, 0.5) is 5.69 Å². The number of tetrazole rings is 1. The second-order valence-corrected chi connectivity index (χ2v) is 5.73. The summed E-state index contributed by atoms with van der Waals surface area (Å²) in [6.07, 6.45) is 0. The minimum absolute atomic E-state index is 0.497. The van der Waals surface area contributed by atoms with Gasteiger partial charge in [0.05, 0.1) is 7.05 Å². The molecule has 1 fully saturated rings. The minimum atomic E-state index is -0.620. The maximum Gasteiger partial charge on any atom is 0.313 e. The van der Waals surface area contributed by atoms with Crippen LogP contribution in [0.15, 0.2) is 24.3 Å². The number of hydrogen-bond acceptors (Lipinski definition) is 6. The molecule has 0 radical (unpaired) electrons. The molecule has 2 amide bonds. The third-order valence-corrected chi connectivity index (χ3v) is 3.89. The van der Waals surface area contributed by atoms with E-state index in [9.17, 15) is 9.59 Å². The molecule has 1 aliphatic heterocycles. The van der Waals surface area contributed by atoms with E-state index in [1.807, 2.05) is 7.05 Å². The number of aromatic nitrogens is 4. The zero-order valence-electron chi connectivity index (χ0n) is 13.6. The number of likely N-dealkylation sites (N-methyl/N-ethyl adjacent to an activating group) is 1. The van der Waals surface area contributed by atoms with E-state index < -0.39 is 11.8 Å². The van der Waals surface area contributed by atoms with Crippen LogP contribution in [0, 0.1) is 0 Å². The first-order chi connectivity index (χ1) is 11.5. The number of rotatable bonds is 2. The Morgan fingerprint density at radius 3 is 2.29 bits per heavy atom. The highest BCUT2D eigenvalue weighted by Gasteiger charge is 2.24. The molecule has 1 aromatic heterocycles. The second kappa shape index (κ2) is 6.75. The number of benzene rings is 1. The number of nitrogens with zero attached hydrogens (tertiary/aromatic N) is 6. The molecule has 1 aliphatic rings. The van der Waals surface area contributed by atoms with E-state index in [4.69, 9.17) is 0 Å². The number of piperazine rings is 1. The molecule has 3 rings (SSSR count). The largest absolute Gasteiger partial charge is 0.332 e. The quantitative estimate of drug-likeness (QED) is 0.753. The van der Waals surface area contributed by atoms with Crippen molar-refractivity contribution in [3.05, 3.63) is 24.3 Å². The summed E-state index contributed by atoms with van der Waals surface area (Å²) in [6.45, 7) is 2.69. The van der Waals surface area contributed by atoms with Crippen molar-refractivity contribution in [3.8, 4) is 11.4 Å². The SMILES string of the molecule is CN1CCN(C(=O)C(=O)Nc2ccc(-c3nnn(C)n3)cc2)CC1. The first-order valence-corrected chi connectivity index (χ1v) is 7.66. The van der Waals surface area contributed by atoms with Crippen LogP contribution < -0.4 is 5.32 Å². The molecular weight excluding hydrogens is 310 g/mol. The highest BCUT2D eigenvalue weighted by atomic mass is 16.2. The van der Waals surface area contributed by atoms with Gasteiger partial charge < -0.3 is 15.1 Å². The van der Waals surface area contributed by atoms with Crippen molar-refractivity contribution in [2.24, 2.45) is 7.05 Å². The molecule has 0 unspecified atom stereocenters. The van der Waals surface area contributed by atoms with E-state index in [1.54, 1.807) is 36.2 Å². The molecule has 2 heterocycles. The molecule has 0 bridgehead atoms. The summed E-state index contributed by atoms with van der Waals surface area (Å²) in [5.41, 5.74) is 1.33. The lowest BCUT2D eigenvalue weighted by molar-refractivity contribution is -0.144. The molecule has 2 aromatic rings. The number of anilines is 1. The molecule has 126 valence electrons. The van der Waals surface area contributed by atoms with Gasteiger partial charge in [0.1, 0.15) is 0 Å². The van der Waals surface area contributed by atoms with E-state index in [1.165, 1.54) is 4.80 Å². The van der Waals surface area contributed by atoms with Gasteiger partial charge in [-0.1, -0.05) is 0 Å². The van der Waals surface area contributed by atoms with E-state index >= 15 is 0 Å². The van der Waals surface area contributed by atoms with Gasteiger partial charge in [0.25, 0.3) is 0 Å². The molecule has 1 saturated heterocycles. The van der Waals surface area contributed by atoms with Gasteiger partial charge in [-0.25, -0.2) is 0 Å². The molecule has 1 N–H and O–H groups in total. The summed E-state index contributed by atoms with van der Waals surface area (Å²) in [5.74, 6) is -0.614. The van der Waals surface area contributed by atoms with Crippen molar-refractivity contribution in [3.63, 3.8) is 0 Å². The van der Waals surface area contributed by atoms with Crippen molar-refractivity contribution in [1.82, 2.24) is 30.0 Å². The van der Waals surface area contributed by atoms with Crippen molar-refractivity contribution in [2.45, 2.75) is 0 Å². The molecule has 1 aromatic carbocycles. The predicted octanol–water partition coefficient (Wildman–Crippen LogP) is -0.410. The molecule has 0 atom stereocenters. The number of carbonyl (C=O) groups excluding carboxylic acids is 2. The van der Waals surface area contributed by atoms with Gasteiger partial charge in [0, 0.05) is 37.4 Å². The standard InChI is InChI=1S/C15H19N7O2/c1-20-7-9-22(10-8-20)15(24)14(23)16-12-5-3-11(4-6-12)13-17-19-21(2)18-13/h3-6H,7-10H2,1-2H3,(H,16,23). The van der Waals surface area contributed by atoms with Gasteiger partial charge >= 0.3 is 11.8 Å². The molecule has 0 spiro atoms. The maximum absolute atomic E-state index is 12.2.